The Morgan fingerprint density at radius 2 is 2.11 bits per heavy atom. The fourth-order valence-corrected chi connectivity index (χ4v) is 1.94. The van der Waals surface area contributed by atoms with E-state index in [9.17, 15) is 4.79 Å². The maximum atomic E-state index is 11.7. The summed E-state index contributed by atoms with van der Waals surface area (Å²) in [6, 6.07) is 9.75. The summed E-state index contributed by atoms with van der Waals surface area (Å²) in [5.74, 6) is -0.00613. The Morgan fingerprint density at radius 3 is 2.78 bits per heavy atom. The largest absolute Gasteiger partial charge is 0.334 e. The molecular formula is C14H20N3O+. The van der Waals surface area contributed by atoms with Crippen molar-refractivity contribution in [2.45, 2.75) is 12.8 Å². The second-order valence-corrected chi connectivity index (χ2v) is 4.73. The van der Waals surface area contributed by atoms with Gasteiger partial charge in [0.25, 0.3) is 0 Å². The van der Waals surface area contributed by atoms with Crippen molar-refractivity contribution in [3.63, 3.8) is 0 Å². The molecule has 96 valence electrons. The van der Waals surface area contributed by atoms with Crippen LogP contribution in [0.25, 0.3) is 0 Å². The molecule has 0 spiro atoms. The molecule has 1 unspecified atom stereocenters. The van der Waals surface area contributed by atoms with Gasteiger partial charge in [-0.3, -0.25) is 10.2 Å². The smallest absolute Gasteiger partial charge is 0.242 e. The summed E-state index contributed by atoms with van der Waals surface area (Å²) in [4.78, 5) is 13.2. The third-order valence-electron chi connectivity index (χ3n) is 3.09. The number of amides is 1. The van der Waals surface area contributed by atoms with Crippen molar-refractivity contribution >= 4 is 5.91 Å². The molecular weight excluding hydrogens is 226 g/mol. The van der Waals surface area contributed by atoms with Crippen molar-refractivity contribution in [1.29, 1.82) is 0 Å². The van der Waals surface area contributed by atoms with E-state index in [0.717, 1.165) is 30.8 Å². The molecule has 0 fully saturated rings. The Labute approximate surface area is 108 Å². The predicted octanol–water partition coefficient (Wildman–Crippen LogP) is -0.348. The molecule has 1 heterocycles. The van der Waals surface area contributed by atoms with E-state index in [2.05, 4.69) is 24.0 Å². The van der Waals surface area contributed by atoms with Crippen LogP contribution in [-0.2, 0) is 11.2 Å². The fourth-order valence-electron chi connectivity index (χ4n) is 1.94. The third-order valence-corrected chi connectivity index (χ3v) is 3.09. The molecule has 3 N–H and O–H groups in total. The molecule has 1 aliphatic heterocycles. The van der Waals surface area contributed by atoms with Crippen molar-refractivity contribution in [1.82, 2.24) is 10.9 Å². The Bertz CT molecular complexity index is 428. The average molecular weight is 246 g/mol. The molecule has 2 rings (SSSR count). The number of hydrazine groups is 1. The zero-order chi connectivity index (χ0) is 12.8. The zero-order valence-electron chi connectivity index (χ0n) is 10.7. The van der Waals surface area contributed by atoms with Crippen LogP contribution in [0.3, 0.4) is 0 Å². The highest BCUT2D eigenvalue weighted by Gasteiger charge is 2.10. The van der Waals surface area contributed by atoms with Crippen LogP contribution >= 0.6 is 0 Å². The molecule has 0 radical (unpaired) electrons. The summed E-state index contributed by atoms with van der Waals surface area (Å²) in [5.41, 5.74) is 7.90. The maximum Gasteiger partial charge on any atom is 0.242 e. The Kier molecular flexibility index (Phi) is 4.36. The average Bonchev–Trinajstić information content (AvgIpc) is 2.39. The van der Waals surface area contributed by atoms with Crippen LogP contribution < -0.4 is 15.8 Å². The SMILES string of the molecule is C[NH+]1CC=C(NNC(=O)Cc2ccccc2)CC1. The minimum Gasteiger partial charge on any atom is -0.334 e. The van der Waals surface area contributed by atoms with Gasteiger partial charge in [0.15, 0.2) is 0 Å². The molecule has 4 heteroatoms. The van der Waals surface area contributed by atoms with E-state index in [1.54, 1.807) is 0 Å². The molecule has 1 aromatic rings. The number of hydrogen-bond donors (Lipinski definition) is 3. The monoisotopic (exact) mass is 246 g/mol. The molecule has 0 bridgehead atoms. The molecule has 1 aromatic carbocycles. The van der Waals surface area contributed by atoms with Crippen LogP contribution in [0.1, 0.15) is 12.0 Å². The summed E-state index contributed by atoms with van der Waals surface area (Å²) in [6.45, 7) is 2.12. The lowest BCUT2D eigenvalue weighted by Gasteiger charge is -2.20. The summed E-state index contributed by atoms with van der Waals surface area (Å²) < 4.78 is 0. The fraction of sp³-hybridized carbons (Fsp3) is 0.357. The number of carbonyl (C=O) groups excluding carboxylic acids is 1. The molecule has 18 heavy (non-hydrogen) atoms. The second-order valence-electron chi connectivity index (χ2n) is 4.73. The Balaban J connectivity index is 1.75. The molecule has 1 aliphatic rings. The number of carbonyl (C=O) groups is 1. The number of quaternary nitrogens is 1. The van der Waals surface area contributed by atoms with Gasteiger partial charge in [-0.2, -0.15) is 0 Å². The first-order chi connectivity index (χ1) is 8.74. The van der Waals surface area contributed by atoms with Crippen molar-refractivity contribution in [3.8, 4) is 0 Å². The molecule has 1 atom stereocenters. The maximum absolute atomic E-state index is 11.7. The van der Waals surface area contributed by atoms with Gasteiger partial charge in [-0.15, -0.1) is 0 Å². The van der Waals surface area contributed by atoms with E-state index < -0.39 is 0 Å². The first kappa shape index (κ1) is 12.6. The van der Waals surface area contributed by atoms with Gasteiger partial charge in [0, 0.05) is 12.1 Å². The van der Waals surface area contributed by atoms with Crippen molar-refractivity contribution < 1.29 is 9.69 Å². The Morgan fingerprint density at radius 1 is 1.33 bits per heavy atom. The van der Waals surface area contributed by atoms with Crippen LogP contribution in [0.5, 0.6) is 0 Å². The van der Waals surface area contributed by atoms with Gasteiger partial charge in [-0.25, -0.2) is 0 Å². The van der Waals surface area contributed by atoms with E-state index in [1.807, 2.05) is 30.3 Å². The first-order valence-corrected chi connectivity index (χ1v) is 6.33. The van der Waals surface area contributed by atoms with E-state index in [1.165, 1.54) is 4.90 Å². The highest BCUT2D eigenvalue weighted by molar-refractivity contribution is 5.78. The number of hydrogen-bond acceptors (Lipinski definition) is 2. The normalized spacial score (nSPS) is 18.9. The lowest BCUT2D eigenvalue weighted by Crippen LogP contribution is -3.09. The summed E-state index contributed by atoms with van der Waals surface area (Å²) >= 11 is 0. The van der Waals surface area contributed by atoms with Crippen LogP contribution in [-0.4, -0.2) is 26.0 Å². The van der Waals surface area contributed by atoms with Gasteiger partial charge in [-0.1, -0.05) is 30.3 Å². The summed E-state index contributed by atoms with van der Waals surface area (Å²) in [6.07, 6.45) is 3.53. The second kappa shape index (κ2) is 6.21. The summed E-state index contributed by atoms with van der Waals surface area (Å²) in [7, 11) is 2.17. The van der Waals surface area contributed by atoms with Gasteiger partial charge >= 0.3 is 0 Å². The molecule has 0 saturated carbocycles. The Hall–Kier alpha value is -1.81. The predicted molar refractivity (Wildman–Crippen MR) is 70.7 cm³/mol. The molecule has 4 nitrogen and oxygen atoms in total. The molecule has 0 aromatic heterocycles. The van der Waals surface area contributed by atoms with E-state index in [-0.39, 0.29) is 5.91 Å². The van der Waals surface area contributed by atoms with Crippen LogP contribution in [0, 0.1) is 0 Å². The number of likely N-dealkylation sites (N-methyl/N-ethyl adjacent to an activating group) is 1. The first-order valence-electron chi connectivity index (χ1n) is 6.33. The standard InChI is InChI=1S/C14H19N3O/c1-17-9-7-13(8-10-17)15-16-14(18)11-12-5-3-2-4-6-12/h2-7,15H,8-11H2,1H3,(H,16,18)/p+1. The van der Waals surface area contributed by atoms with E-state index in [4.69, 9.17) is 0 Å². The lowest BCUT2D eigenvalue weighted by atomic mass is 10.1. The van der Waals surface area contributed by atoms with E-state index >= 15 is 0 Å². The molecule has 0 aliphatic carbocycles. The highest BCUT2D eigenvalue weighted by atomic mass is 16.2. The zero-order valence-corrected chi connectivity index (χ0v) is 10.7. The van der Waals surface area contributed by atoms with Gasteiger partial charge in [0.1, 0.15) is 0 Å². The number of benzene rings is 1. The highest BCUT2D eigenvalue weighted by Crippen LogP contribution is 1.99. The minimum atomic E-state index is -0.00613. The van der Waals surface area contributed by atoms with Gasteiger partial charge < -0.3 is 10.3 Å². The van der Waals surface area contributed by atoms with Gasteiger partial charge in [0.05, 0.1) is 26.6 Å². The molecule has 0 saturated heterocycles. The van der Waals surface area contributed by atoms with E-state index in [0.29, 0.717) is 6.42 Å². The van der Waals surface area contributed by atoms with Crippen LogP contribution in [0.15, 0.2) is 42.1 Å². The summed E-state index contributed by atoms with van der Waals surface area (Å²) in [5, 5.41) is 0. The van der Waals surface area contributed by atoms with Crippen LogP contribution in [0.2, 0.25) is 0 Å². The minimum absolute atomic E-state index is 0.00613. The van der Waals surface area contributed by atoms with Gasteiger partial charge in [0.2, 0.25) is 5.91 Å². The number of nitrogens with one attached hydrogen (secondary N) is 3. The van der Waals surface area contributed by atoms with Crippen molar-refractivity contribution in [3.05, 3.63) is 47.7 Å². The molecule has 1 amide bonds. The van der Waals surface area contributed by atoms with Gasteiger partial charge in [-0.05, 0) is 11.6 Å². The van der Waals surface area contributed by atoms with Crippen molar-refractivity contribution in [2.75, 3.05) is 20.1 Å². The quantitative estimate of drug-likeness (QED) is 0.636. The lowest BCUT2D eigenvalue weighted by molar-refractivity contribution is -0.875. The van der Waals surface area contributed by atoms with Crippen molar-refractivity contribution in [2.24, 2.45) is 0 Å². The topological polar surface area (TPSA) is 45.6 Å². The van der Waals surface area contributed by atoms with Crippen LogP contribution in [0.4, 0.5) is 0 Å². The number of rotatable bonds is 4. The third kappa shape index (κ3) is 3.89.